The van der Waals surface area contributed by atoms with Crippen molar-refractivity contribution in [1.82, 2.24) is 0 Å². The van der Waals surface area contributed by atoms with Crippen molar-refractivity contribution in [3.05, 3.63) is 56.0 Å². The standard InChI is InChI=1S/C16H15Br2NO/c1-10-4-5-11(2)15(6-10)19-9-12-7-13(17)8-14(18)16(12)20-3/h4-9H,1-3H3. The Hall–Kier alpha value is -1.13. The molecule has 0 aliphatic heterocycles. The highest BCUT2D eigenvalue weighted by atomic mass is 79.9. The SMILES string of the molecule is COc1c(Br)cc(Br)cc1C=Nc1cc(C)ccc1C. The number of benzene rings is 2. The third kappa shape index (κ3) is 3.49. The van der Waals surface area contributed by atoms with E-state index in [0.717, 1.165) is 31.5 Å². The highest BCUT2D eigenvalue weighted by Gasteiger charge is 2.07. The van der Waals surface area contributed by atoms with Crippen LogP contribution in [0.5, 0.6) is 5.75 Å². The van der Waals surface area contributed by atoms with Crippen LogP contribution in [0.4, 0.5) is 5.69 Å². The maximum absolute atomic E-state index is 5.41. The molecule has 0 atom stereocenters. The lowest BCUT2D eigenvalue weighted by Gasteiger charge is -2.08. The van der Waals surface area contributed by atoms with Gasteiger partial charge < -0.3 is 4.74 Å². The number of aryl methyl sites for hydroxylation is 2. The second kappa shape index (κ2) is 6.55. The maximum Gasteiger partial charge on any atom is 0.141 e. The van der Waals surface area contributed by atoms with Gasteiger partial charge in [-0.1, -0.05) is 28.1 Å². The summed E-state index contributed by atoms with van der Waals surface area (Å²) in [4.78, 5) is 4.58. The van der Waals surface area contributed by atoms with Gasteiger partial charge in [-0.25, -0.2) is 0 Å². The number of rotatable bonds is 3. The number of ether oxygens (including phenoxy) is 1. The summed E-state index contributed by atoms with van der Waals surface area (Å²) in [5.74, 6) is 0.780. The summed E-state index contributed by atoms with van der Waals surface area (Å²) in [5, 5.41) is 0. The van der Waals surface area contributed by atoms with E-state index in [-0.39, 0.29) is 0 Å². The molecule has 2 aromatic rings. The Morgan fingerprint density at radius 1 is 1.10 bits per heavy atom. The van der Waals surface area contributed by atoms with Crippen LogP contribution in [0.1, 0.15) is 16.7 Å². The first-order valence-corrected chi connectivity index (χ1v) is 7.74. The number of hydrogen-bond donors (Lipinski definition) is 0. The zero-order chi connectivity index (χ0) is 14.7. The number of halogens is 2. The van der Waals surface area contributed by atoms with Gasteiger partial charge in [0.2, 0.25) is 0 Å². The largest absolute Gasteiger partial charge is 0.495 e. The second-order valence-corrected chi connectivity index (χ2v) is 6.33. The monoisotopic (exact) mass is 395 g/mol. The van der Waals surface area contributed by atoms with E-state index >= 15 is 0 Å². The molecular formula is C16H15Br2NO. The number of aliphatic imine (C=N–C) groups is 1. The van der Waals surface area contributed by atoms with Gasteiger partial charge in [-0.3, -0.25) is 4.99 Å². The Kier molecular flexibility index (Phi) is 5.00. The van der Waals surface area contributed by atoms with E-state index in [9.17, 15) is 0 Å². The average molecular weight is 397 g/mol. The molecule has 0 aromatic heterocycles. The summed E-state index contributed by atoms with van der Waals surface area (Å²) in [6.45, 7) is 4.12. The molecule has 0 unspecified atom stereocenters. The zero-order valence-corrected chi connectivity index (χ0v) is 14.7. The molecule has 0 aliphatic rings. The fraction of sp³-hybridized carbons (Fsp3) is 0.188. The van der Waals surface area contributed by atoms with Crippen LogP contribution in [0.3, 0.4) is 0 Å². The second-order valence-electron chi connectivity index (χ2n) is 4.56. The van der Waals surface area contributed by atoms with Crippen molar-refractivity contribution in [2.45, 2.75) is 13.8 Å². The van der Waals surface area contributed by atoms with Crippen molar-refractivity contribution < 1.29 is 4.74 Å². The van der Waals surface area contributed by atoms with E-state index in [0.29, 0.717) is 0 Å². The van der Waals surface area contributed by atoms with Crippen LogP contribution in [0.2, 0.25) is 0 Å². The molecule has 0 aliphatic carbocycles. The predicted octanol–water partition coefficient (Wildman–Crippen LogP) is 5.59. The summed E-state index contributed by atoms with van der Waals surface area (Å²) < 4.78 is 7.29. The van der Waals surface area contributed by atoms with Crippen molar-refractivity contribution >= 4 is 43.8 Å². The summed E-state index contributed by atoms with van der Waals surface area (Å²) >= 11 is 6.98. The van der Waals surface area contributed by atoms with Gasteiger partial charge >= 0.3 is 0 Å². The van der Waals surface area contributed by atoms with Gasteiger partial charge in [0.25, 0.3) is 0 Å². The van der Waals surface area contributed by atoms with Crippen LogP contribution in [0, 0.1) is 13.8 Å². The Balaban J connectivity index is 2.43. The molecule has 4 heteroatoms. The molecule has 0 heterocycles. The lowest BCUT2D eigenvalue weighted by atomic mass is 10.1. The zero-order valence-electron chi connectivity index (χ0n) is 11.6. The normalized spacial score (nSPS) is 11.1. The Bertz CT molecular complexity index is 666. The smallest absolute Gasteiger partial charge is 0.141 e. The van der Waals surface area contributed by atoms with E-state index in [4.69, 9.17) is 4.74 Å². The van der Waals surface area contributed by atoms with Crippen LogP contribution >= 0.6 is 31.9 Å². The fourth-order valence-electron chi connectivity index (χ4n) is 1.89. The van der Waals surface area contributed by atoms with Crippen LogP contribution < -0.4 is 4.74 Å². The molecule has 0 spiro atoms. The predicted molar refractivity (Wildman–Crippen MR) is 91.6 cm³/mol. The topological polar surface area (TPSA) is 21.6 Å². The molecule has 104 valence electrons. The molecule has 0 saturated heterocycles. The van der Waals surface area contributed by atoms with Crippen LogP contribution in [-0.4, -0.2) is 13.3 Å². The van der Waals surface area contributed by atoms with E-state index < -0.39 is 0 Å². The first-order chi connectivity index (χ1) is 9.51. The minimum absolute atomic E-state index is 0.780. The maximum atomic E-state index is 5.41. The van der Waals surface area contributed by atoms with Crippen molar-refractivity contribution in [3.63, 3.8) is 0 Å². The summed E-state index contributed by atoms with van der Waals surface area (Å²) in [5.41, 5.74) is 4.25. The lowest BCUT2D eigenvalue weighted by Crippen LogP contribution is -1.92. The van der Waals surface area contributed by atoms with Gasteiger partial charge in [0.15, 0.2) is 0 Å². The number of nitrogens with zero attached hydrogens (tertiary/aromatic N) is 1. The van der Waals surface area contributed by atoms with Gasteiger partial charge in [0, 0.05) is 16.3 Å². The molecule has 0 N–H and O–H groups in total. The molecule has 20 heavy (non-hydrogen) atoms. The third-order valence-corrected chi connectivity index (χ3v) is 4.00. The summed E-state index contributed by atoms with van der Waals surface area (Å²) in [6.07, 6.45) is 1.83. The first-order valence-electron chi connectivity index (χ1n) is 6.15. The molecule has 0 fully saturated rings. The first kappa shape index (κ1) is 15.3. The summed E-state index contributed by atoms with van der Waals surface area (Å²) in [6, 6.07) is 10.2. The fourth-order valence-corrected chi connectivity index (χ4v) is 3.31. The van der Waals surface area contributed by atoms with Gasteiger partial charge in [-0.05, 0) is 59.1 Å². The quantitative estimate of drug-likeness (QED) is 0.619. The Labute approximate surface area is 136 Å². The molecular weight excluding hydrogens is 382 g/mol. The minimum Gasteiger partial charge on any atom is -0.495 e. The molecule has 2 nitrogen and oxygen atoms in total. The van der Waals surface area contributed by atoms with Gasteiger partial charge in [0.1, 0.15) is 5.75 Å². The van der Waals surface area contributed by atoms with E-state index in [2.05, 4.69) is 68.9 Å². The van der Waals surface area contributed by atoms with Crippen LogP contribution in [0.15, 0.2) is 44.3 Å². The van der Waals surface area contributed by atoms with E-state index in [1.807, 2.05) is 18.3 Å². The van der Waals surface area contributed by atoms with E-state index in [1.165, 1.54) is 5.56 Å². The molecule has 0 bridgehead atoms. The minimum atomic E-state index is 0.780. The molecule has 0 saturated carbocycles. The Morgan fingerprint density at radius 3 is 2.55 bits per heavy atom. The van der Waals surface area contributed by atoms with Crippen molar-refractivity contribution in [2.24, 2.45) is 4.99 Å². The lowest BCUT2D eigenvalue weighted by molar-refractivity contribution is 0.411. The van der Waals surface area contributed by atoms with Crippen molar-refractivity contribution in [2.75, 3.05) is 7.11 Å². The molecule has 2 rings (SSSR count). The van der Waals surface area contributed by atoms with Gasteiger partial charge in [-0.2, -0.15) is 0 Å². The highest BCUT2D eigenvalue weighted by molar-refractivity contribution is 9.11. The number of methoxy groups -OCH3 is 1. The molecule has 2 aromatic carbocycles. The van der Waals surface area contributed by atoms with Crippen LogP contribution in [0.25, 0.3) is 0 Å². The van der Waals surface area contributed by atoms with E-state index in [1.54, 1.807) is 7.11 Å². The molecule has 0 radical (unpaired) electrons. The van der Waals surface area contributed by atoms with Crippen molar-refractivity contribution in [1.29, 1.82) is 0 Å². The summed E-state index contributed by atoms with van der Waals surface area (Å²) in [7, 11) is 1.66. The average Bonchev–Trinajstić information content (AvgIpc) is 2.39. The number of hydrogen-bond acceptors (Lipinski definition) is 2. The van der Waals surface area contributed by atoms with Gasteiger partial charge in [0.05, 0.1) is 17.3 Å². The molecule has 0 amide bonds. The van der Waals surface area contributed by atoms with Crippen molar-refractivity contribution in [3.8, 4) is 5.75 Å². The highest BCUT2D eigenvalue weighted by Crippen LogP contribution is 2.32. The van der Waals surface area contributed by atoms with Gasteiger partial charge in [-0.15, -0.1) is 0 Å². The third-order valence-electron chi connectivity index (χ3n) is 2.95. The van der Waals surface area contributed by atoms with Crippen LogP contribution in [-0.2, 0) is 0 Å². The Morgan fingerprint density at radius 2 is 1.85 bits per heavy atom.